The minimum Gasteiger partial charge on any atom is -0.491 e. The van der Waals surface area contributed by atoms with Crippen LogP contribution in [0.25, 0.3) is 10.9 Å². The number of rotatable bonds is 11. The topological polar surface area (TPSA) is 87.0 Å². The minimum absolute atomic E-state index is 0.238. The lowest BCUT2D eigenvalue weighted by atomic mass is 10.1. The Morgan fingerprint density at radius 1 is 1.15 bits per heavy atom. The summed E-state index contributed by atoms with van der Waals surface area (Å²) in [6, 6.07) is 4.97. The highest BCUT2D eigenvalue weighted by Gasteiger charge is 2.14. The fourth-order valence-electron chi connectivity index (χ4n) is 2.47. The summed E-state index contributed by atoms with van der Waals surface area (Å²) in [5.74, 6) is -0.183. The van der Waals surface area contributed by atoms with Gasteiger partial charge in [0.15, 0.2) is 0 Å². The van der Waals surface area contributed by atoms with Crippen molar-refractivity contribution in [1.29, 1.82) is 0 Å². The number of halogens is 1. The summed E-state index contributed by atoms with van der Waals surface area (Å²) in [5.41, 5.74) is -0.0998. The summed E-state index contributed by atoms with van der Waals surface area (Å²) in [5, 5.41) is 9.52. The van der Waals surface area contributed by atoms with E-state index < -0.39 is 11.4 Å². The molecular formula is C18H22ClNO6. The van der Waals surface area contributed by atoms with E-state index in [9.17, 15) is 9.59 Å². The van der Waals surface area contributed by atoms with E-state index in [1.54, 1.807) is 22.8 Å². The Morgan fingerprint density at radius 3 is 2.50 bits per heavy atom. The van der Waals surface area contributed by atoms with Gasteiger partial charge in [-0.25, -0.2) is 4.79 Å². The highest BCUT2D eigenvalue weighted by atomic mass is 35.5. The van der Waals surface area contributed by atoms with Gasteiger partial charge < -0.3 is 23.9 Å². The van der Waals surface area contributed by atoms with Crippen LogP contribution in [-0.2, 0) is 16.0 Å². The lowest BCUT2D eigenvalue weighted by molar-refractivity contribution is 0.0410. The molecule has 0 aliphatic carbocycles. The number of pyridine rings is 1. The van der Waals surface area contributed by atoms with Gasteiger partial charge in [0, 0.05) is 30.1 Å². The number of fused-ring (bicyclic) bond motifs is 1. The van der Waals surface area contributed by atoms with Gasteiger partial charge in [-0.15, -0.1) is 11.6 Å². The Morgan fingerprint density at radius 2 is 1.85 bits per heavy atom. The van der Waals surface area contributed by atoms with Crippen molar-refractivity contribution in [2.75, 3.05) is 38.9 Å². The molecule has 2 rings (SSSR count). The van der Waals surface area contributed by atoms with Crippen LogP contribution in [0.15, 0.2) is 29.2 Å². The Bertz CT molecular complexity index is 804. The molecule has 0 atom stereocenters. The fourth-order valence-corrected chi connectivity index (χ4v) is 2.58. The van der Waals surface area contributed by atoms with Crippen molar-refractivity contribution in [2.24, 2.45) is 0 Å². The SMILES string of the molecule is CCn1cc(C(=O)O)c(=O)c2ccc(OCCOCCOCCCl)cc21. The molecule has 0 unspecified atom stereocenters. The molecule has 0 amide bonds. The number of ether oxygens (including phenoxy) is 3. The van der Waals surface area contributed by atoms with Crippen molar-refractivity contribution in [2.45, 2.75) is 13.5 Å². The van der Waals surface area contributed by atoms with E-state index in [4.69, 9.17) is 30.9 Å². The van der Waals surface area contributed by atoms with Gasteiger partial charge in [-0.05, 0) is 19.1 Å². The number of hydrogen-bond donors (Lipinski definition) is 1. The minimum atomic E-state index is -1.23. The maximum atomic E-state index is 12.3. The number of carbonyl (C=O) groups is 1. The zero-order valence-corrected chi connectivity index (χ0v) is 15.3. The number of alkyl halides is 1. The van der Waals surface area contributed by atoms with Crippen molar-refractivity contribution in [1.82, 2.24) is 4.57 Å². The molecule has 0 spiro atoms. The van der Waals surface area contributed by atoms with Crippen LogP contribution >= 0.6 is 11.6 Å². The average Bonchev–Trinajstić information content (AvgIpc) is 2.64. The number of aryl methyl sites for hydroxylation is 1. The van der Waals surface area contributed by atoms with Gasteiger partial charge in [0.25, 0.3) is 0 Å². The lowest BCUT2D eigenvalue weighted by Gasteiger charge is -2.12. The first-order chi connectivity index (χ1) is 12.6. The Kier molecular flexibility index (Phi) is 7.90. The molecule has 0 saturated carbocycles. The molecule has 1 heterocycles. The maximum absolute atomic E-state index is 12.3. The first kappa shape index (κ1) is 20.2. The number of aromatic nitrogens is 1. The second-order valence-electron chi connectivity index (χ2n) is 5.40. The molecule has 0 aliphatic rings. The van der Waals surface area contributed by atoms with E-state index in [-0.39, 0.29) is 5.56 Å². The average molecular weight is 384 g/mol. The summed E-state index contributed by atoms with van der Waals surface area (Å²) in [6.07, 6.45) is 1.36. The molecule has 1 aromatic carbocycles. The smallest absolute Gasteiger partial charge is 0.341 e. The van der Waals surface area contributed by atoms with Crippen LogP contribution in [0.3, 0.4) is 0 Å². The van der Waals surface area contributed by atoms with E-state index >= 15 is 0 Å². The Labute approximate surface area is 156 Å². The van der Waals surface area contributed by atoms with Gasteiger partial charge in [0.1, 0.15) is 17.9 Å². The van der Waals surface area contributed by atoms with Crippen LogP contribution in [0.4, 0.5) is 0 Å². The first-order valence-corrected chi connectivity index (χ1v) is 8.86. The van der Waals surface area contributed by atoms with Crippen LogP contribution < -0.4 is 10.2 Å². The van der Waals surface area contributed by atoms with Gasteiger partial charge in [0.05, 0.1) is 31.9 Å². The van der Waals surface area contributed by atoms with Crippen LogP contribution in [-0.4, -0.2) is 54.6 Å². The number of benzene rings is 1. The number of hydrogen-bond acceptors (Lipinski definition) is 5. The highest BCUT2D eigenvalue weighted by molar-refractivity contribution is 6.17. The molecule has 8 heteroatoms. The second kappa shape index (κ2) is 10.2. The highest BCUT2D eigenvalue weighted by Crippen LogP contribution is 2.19. The van der Waals surface area contributed by atoms with E-state index in [2.05, 4.69) is 0 Å². The Balaban J connectivity index is 2.01. The zero-order valence-electron chi connectivity index (χ0n) is 14.6. The molecule has 0 saturated heterocycles. The van der Waals surface area contributed by atoms with Gasteiger partial charge in [-0.2, -0.15) is 0 Å². The third kappa shape index (κ3) is 5.20. The summed E-state index contributed by atoms with van der Waals surface area (Å²) in [6.45, 7) is 4.62. The summed E-state index contributed by atoms with van der Waals surface area (Å²) in [7, 11) is 0. The number of aromatic carboxylic acids is 1. The predicted molar refractivity (Wildman–Crippen MR) is 98.7 cm³/mol. The third-order valence-electron chi connectivity index (χ3n) is 3.71. The maximum Gasteiger partial charge on any atom is 0.341 e. The molecule has 1 aromatic heterocycles. The first-order valence-electron chi connectivity index (χ1n) is 8.33. The van der Waals surface area contributed by atoms with Crippen LogP contribution in [0.1, 0.15) is 17.3 Å². The van der Waals surface area contributed by atoms with E-state index in [0.29, 0.717) is 62.1 Å². The molecular weight excluding hydrogens is 362 g/mol. The van der Waals surface area contributed by atoms with Crippen molar-refractivity contribution in [3.8, 4) is 5.75 Å². The van der Waals surface area contributed by atoms with Crippen LogP contribution in [0.5, 0.6) is 5.75 Å². The van der Waals surface area contributed by atoms with Crippen molar-refractivity contribution in [3.05, 3.63) is 40.2 Å². The zero-order chi connectivity index (χ0) is 18.9. The van der Waals surface area contributed by atoms with Gasteiger partial charge in [-0.1, -0.05) is 0 Å². The largest absolute Gasteiger partial charge is 0.491 e. The van der Waals surface area contributed by atoms with E-state index in [1.807, 2.05) is 6.92 Å². The molecule has 1 N–H and O–H groups in total. The van der Waals surface area contributed by atoms with Crippen LogP contribution in [0, 0.1) is 0 Å². The summed E-state index contributed by atoms with van der Waals surface area (Å²) < 4.78 is 17.9. The summed E-state index contributed by atoms with van der Waals surface area (Å²) in [4.78, 5) is 23.5. The van der Waals surface area contributed by atoms with Gasteiger partial charge in [-0.3, -0.25) is 4.79 Å². The Hall–Kier alpha value is -2.09. The van der Waals surface area contributed by atoms with Crippen molar-refractivity contribution < 1.29 is 24.1 Å². The summed E-state index contributed by atoms with van der Waals surface area (Å²) >= 11 is 5.49. The number of carboxylic acids is 1. The molecule has 0 fully saturated rings. The molecule has 0 bridgehead atoms. The number of carboxylic acid groups (broad SMARTS) is 1. The standard InChI is InChI=1S/C18H22ClNO6/c1-2-20-12-15(18(22)23)17(21)14-4-3-13(11-16(14)20)26-10-9-25-8-7-24-6-5-19/h3-4,11-12H,2,5-10H2,1H3,(H,22,23). The van der Waals surface area contributed by atoms with E-state index in [1.165, 1.54) is 6.20 Å². The number of nitrogens with zero attached hydrogens (tertiary/aromatic N) is 1. The molecule has 142 valence electrons. The van der Waals surface area contributed by atoms with Gasteiger partial charge >= 0.3 is 5.97 Å². The quantitative estimate of drug-likeness (QED) is 0.473. The molecule has 0 radical (unpaired) electrons. The van der Waals surface area contributed by atoms with E-state index in [0.717, 1.165) is 0 Å². The van der Waals surface area contributed by atoms with Gasteiger partial charge in [0.2, 0.25) is 5.43 Å². The third-order valence-corrected chi connectivity index (χ3v) is 3.87. The predicted octanol–water partition coefficient (Wildman–Crippen LogP) is 2.37. The van der Waals surface area contributed by atoms with Crippen LogP contribution in [0.2, 0.25) is 0 Å². The van der Waals surface area contributed by atoms with Crippen molar-refractivity contribution in [3.63, 3.8) is 0 Å². The molecule has 2 aromatic rings. The normalized spacial score (nSPS) is 11.0. The molecule has 0 aliphatic heterocycles. The second-order valence-corrected chi connectivity index (χ2v) is 5.78. The molecule has 7 nitrogen and oxygen atoms in total. The lowest BCUT2D eigenvalue weighted by Crippen LogP contribution is -2.18. The van der Waals surface area contributed by atoms with Crippen molar-refractivity contribution >= 4 is 28.5 Å². The molecule has 26 heavy (non-hydrogen) atoms. The fraction of sp³-hybridized carbons (Fsp3) is 0.444. The monoisotopic (exact) mass is 383 g/mol.